The van der Waals surface area contributed by atoms with Gasteiger partial charge in [0.25, 0.3) is 5.91 Å². The van der Waals surface area contributed by atoms with E-state index in [4.69, 9.17) is 0 Å². The highest BCUT2D eigenvalue weighted by molar-refractivity contribution is 7.89. The van der Waals surface area contributed by atoms with Crippen LogP contribution in [0, 0.1) is 18.8 Å². The van der Waals surface area contributed by atoms with Crippen molar-refractivity contribution in [1.29, 1.82) is 0 Å². The molecule has 7 nitrogen and oxygen atoms in total. The first kappa shape index (κ1) is 25.6. The molecule has 1 fully saturated rings. The van der Waals surface area contributed by atoms with Gasteiger partial charge in [-0.1, -0.05) is 50.8 Å². The average Bonchev–Trinajstić information content (AvgIpc) is 2.81. The topological polar surface area (TPSA) is 95.6 Å². The molecule has 2 aromatic carbocycles. The van der Waals surface area contributed by atoms with Crippen molar-refractivity contribution >= 4 is 21.8 Å². The molecule has 2 aromatic rings. The fourth-order valence-electron chi connectivity index (χ4n) is 4.47. The Balaban J connectivity index is 1.67. The first-order valence-corrected chi connectivity index (χ1v) is 12.9. The number of carbonyl (C=O) groups is 2. The molecular weight excluding hydrogens is 450 g/mol. The molecule has 1 saturated heterocycles. The summed E-state index contributed by atoms with van der Waals surface area (Å²) in [5.74, 6) is -0.594. The SMILES string of the molecule is C=CC(=O)NC1C(C)CN(S(=O)(=O)c2ccc(C(=O)NCCc3ccccc3)c(C)c2)CC1C. The minimum atomic E-state index is -3.73. The van der Waals surface area contributed by atoms with E-state index in [2.05, 4.69) is 17.2 Å². The van der Waals surface area contributed by atoms with E-state index < -0.39 is 10.0 Å². The second-order valence-corrected chi connectivity index (χ2v) is 10.9. The zero-order chi connectivity index (χ0) is 24.9. The van der Waals surface area contributed by atoms with Crippen LogP contribution in [-0.4, -0.2) is 50.2 Å². The van der Waals surface area contributed by atoms with Crippen molar-refractivity contribution in [3.8, 4) is 0 Å². The molecule has 2 N–H and O–H groups in total. The Morgan fingerprint density at radius 3 is 2.32 bits per heavy atom. The Morgan fingerprint density at radius 1 is 1.09 bits per heavy atom. The molecule has 182 valence electrons. The van der Waals surface area contributed by atoms with Crippen molar-refractivity contribution in [2.24, 2.45) is 11.8 Å². The van der Waals surface area contributed by atoms with E-state index in [1.165, 1.54) is 16.4 Å². The Kier molecular flexibility index (Phi) is 8.28. The second-order valence-electron chi connectivity index (χ2n) is 8.98. The smallest absolute Gasteiger partial charge is 0.251 e. The number of hydrogen-bond acceptors (Lipinski definition) is 4. The summed E-state index contributed by atoms with van der Waals surface area (Å²) < 4.78 is 28.2. The molecule has 34 heavy (non-hydrogen) atoms. The van der Waals surface area contributed by atoms with E-state index in [1.807, 2.05) is 44.2 Å². The van der Waals surface area contributed by atoms with Gasteiger partial charge in [0.05, 0.1) is 4.90 Å². The molecule has 1 heterocycles. The van der Waals surface area contributed by atoms with Gasteiger partial charge in [-0.2, -0.15) is 4.31 Å². The van der Waals surface area contributed by atoms with Crippen LogP contribution in [0.2, 0.25) is 0 Å². The third-order valence-corrected chi connectivity index (χ3v) is 8.15. The minimum absolute atomic E-state index is 0.0572. The van der Waals surface area contributed by atoms with Gasteiger partial charge >= 0.3 is 0 Å². The highest BCUT2D eigenvalue weighted by Gasteiger charge is 2.38. The standard InChI is InChI=1S/C26H33N3O4S/c1-5-24(30)28-25-19(3)16-29(17-20(25)4)34(32,33)22-11-12-23(18(2)15-22)26(31)27-14-13-21-9-7-6-8-10-21/h5-12,15,19-20,25H,1,13-14,16-17H2,2-4H3,(H,27,31)(H,28,30). The van der Waals surface area contributed by atoms with Gasteiger partial charge in [0.15, 0.2) is 0 Å². The molecule has 0 aliphatic carbocycles. The van der Waals surface area contributed by atoms with Gasteiger partial charge < -0.3 is 10.6 Å². The van der Waals surface area contributed by atoms with E-state index in [9.17, 15) is 18.0 Å². The van der Waals surface area contributed by atoms with Crippen molar-refractivity contribution < 1.29 is 18.0 Å². The van der Waals surface area contributed by atoms with Crippen molar-refractivity contribution in [1.82, 2.24) is 14.9 Å². The largest absolute Gasteiger partial charge is 0.352 e. The van der Waals surface area contributed by atoms with Gasteiger partial charge in [-0.05, 0) is 60.6 Å². The molecule has 0 saturated carbocycles. The summed E-state index contributed by atoms with van der Waals surface area (Å²) in [6.07, 6.45) is 1.95. The van der Waals surface area contributed by atoms with Crippen LogP contribution in [0.15, 0.2) is 66.1 Å². The zero-order valence-electron chi connectivity index (χ0n) is 20.0. The molecule has 2 atom stereocenters. The summed E-state index contributed by atoms with van der Waals surface area (Å²) in [7, 11) is -3.73. The Labute approximate surface area is 202 Å². The van der Waals surface area contributed by atoms with Crippen molar-refractivity contribution in [2.45, 2.75) is 38.1 Å². The molecular formula is C26H33N3O4S. The van der Waals surface area contributed by atoms with Crippen LogP contribution < -0.4 is 10.6 Å². The lowest BCUT2D eigenvalue weighted by molar-refractivity contribution is -0.118. The predicted octanol–water partition coefficient (Wildman–Crippen LogP) is 2.91. The number of nitrogens with zero attached hydrogens (tertiary/aromatic N) is 1. The molecule has 0 aromatic heterocycles. The van der Waals surface area contributed by atoms with Gasteiger partial charge in [0.1, 0.15) is 0 Å². The van der Waals surface area contributed by atoms with E-state index in [1.54, 1.807) is 19.1 Å². The van der Waals surface area contributed by atoms with E-state index in [0.29, 0.717) is 30.8 Å². The Morgan fingerprint density at radius 2 is 1.74 bits per heavy atom. The second kappa shape index (κ2) is 11.0. The summed E-state index contributed by atoms with van der Waals surface area (Å²) in [6.45, 7) is 10.2. The lowest BCUT2D eigenvalue weighted by Crippen LogP contribution is -2.55. The van der Waals surface area contributed by atoms with Crippen LogP contribution in [-0.2, 0) is 21.2 Å². The number of benzene rings is 2. The van der Waals surface area contributed by atoms with Crippen molar-refractivity contribution in [3.63, 3.8) is 0 Å². The van der Waals surface area contributed by atoms with Gasteiger partial charge in [-0.3, -0.25) is 9.59 Å². The quantitative estimate of drug-likeness (QED) is 0.565. The fraction of sp³-hybridized carbons (Fsp3) is 0.385. The average molecular weight is 484 g/mol. The molecule has 8 heteroatoms. The monoisotopic (exact) mass is 483 g/mol. The molecule has 2 amide bonds. The van der Waals surface area contributed by atoms with E-state index in [-0.39, 0.29) is 34.6 Å². The lowest BCUT2D eigenvalue weighted by atomic mass is 9.87. The summed E-state index contributed by atoms with van der Waals surface area (Å²) in [4.78, 5) is 24.5. The maximum atomic E-state index is 13.3. The molecule has 2 unspecified atom stereocenters. The van der Waals surface area contributed by atoms with Crippen LogP contribution in [0.25, 0.3) is 0 Å². The molecule has 3 rings (SSSR count). The Bertz CT molecular complexity index is 1140. The number of nitrogens with one attached hydrogen (secondary N) is 2. The fourth-order valence-corrected chi connectivity index (χ4v) is 6.20. The van der Waals surface area contributed by atoms with Crippen LogP contribution in [0.1, 0.15) is 35.3 Å². The van der Waals surface area contributed by atoms with E-state index in [0.717, 1.165) is 12.0 Å². The normalized spacial score (nSPS) is 21.0. The molecule has 0 bridgehead atoms. The third-order valence-electron chi connectivity index (χ3n) is 6.33. The van der Waals surface area contributed by atoms with Gasteiger partial charge in [-0.25, -0.2) is 8.42 Å². The number of carbonyl (C=O) groups excluding carboxylic acids is 2. The summed E-state index contributed by atoms with van der Waals surface area (Å²) in [5.41, 5.74) is 2.20. The minimum Gasteiger partial charge on any atom is -0.352 e. The lowest BCUT2D eigenvalue weighted by Gasteiger charge is -2.40. The molecule has 0 radical (unpaired) electrons. The number of piperidine rings is 1. The van der Waals surface area contributed by atoms with Gasteiger partial charge in [-0.15, -0.1) is 0 Å². The number of hydrogen-bond donors (Lipinski definition) is 2. The number of amides is 2. The number of sulfonamides is 1. The summed E-state index contributed by atoms with van der Waals surface area (Å²) >= 11 is 0. The van der Waals surface area contributed by atoms with Crippen LogP contribution in [0.3, 0.4) is 0 Å². The number of aryl methyl sites for hydroxylation is 1. The first-order chi connectivity index (χ1) is 16.1. The highest BCUT2D eigenvalue weighted by atomic mass is 32.2. The van der Waals surface area contributed by atoms with Crippen LogP contribution in [0.5, 0.6) is 0 Å². The molecule has 1 aliphatic rings. The van der Waals surface area contributed by atoms with Gasteiger partial charge in [0.2, 0.25) is 15.9 Å². The van der Waals surface area contributed by atoms with Crippen LogP contribution in [0.4, 0.5) is 0 Å². The molecule has 1 aliphatic heterocycles. The Hall–Kier alpha value is -2.97. The summed E-state index contributed by atoms with van der Waals surface area (Å²) in [5, 5.41) is 5.82. The summed E-state index contributed by atoms with van der Waals surface area (Å²) in [6, 6.07) is 14.4. The van der Waals surface area contributed by atoms with Gasteiger partial charge in [0, 0.05) is 31.2 Å². The third kappa shape index (κ3) is 5.93. The van der Waals surface area contributed by atoms with E-state index >= 15 is 0 Å². The number of rotatable bonds is 8. The predicted molar refractivity (Wildman–Crippen MR) is 133 cm³/mol. The highest BCUT2D eigenvalue weighted by Crippen LogP contribution is 2.28. The van der Waals surface area contributed by atoms with Crippen molar-refractivity contribution in [2.75, 3.05) is 19.6 Å². The molecule has 0 spiro atoms. The zero-order valence-corrected chi connectivity index (χ0v) is 20.8. The maximum absolute atomic E-state index is 13.3. The maximum Gasteiger partial charge on any atom is 0.251 e. The first-order valence-electron chi connectivity index (χ1n) is 11.5. The van der Waals surface area contributed by atoms with Crippen LogP contribution >= 0.6 is 0 Å². The van der Waals surface area contributed by atoms with Crippen molar-refractivity contribution in [3.05, 3.63) is 77.9 Å².